The molecule has 2 amide bonds. The Labute approximate surface area is 128 Å². The van der Waals surface area contributed by atoms with E-state index >= 15 is 0 Å². The molecule has 0 aliphatic heterocycles. The first-order chi connectivity index (χ1) is 9.54. The number of carbonyl (C=O) groups excluding carboxylic acids is 2. The lowest BCUT2D eigenvalue weighted by Gasteiger charge is -2.20. The Morgan fingerprint density at radius 2 is 1.95 bits per heavy atom. The van der Waals surface area contributed by atoms with Gasteiger partial charge in [0.05, 0.1) is 12.2 Å². The molecule has 1 rings (SSSR count). The highest BCUT2D eigenvalue weighted by molar-refractivity contribution is 9.10. The van der Waals surface area contributed by atoms with E-state index in [2.05, 4.69) is 28.2 Å². The Kier molecular flexibility index (Phi) is 7.30. The fourth-order valence-electron chi connectivity index (χ4n) is 1.83. The van der Waals surface area contributed by atoms with E-state index in [9.17, 15) is 9.59 Å². The van der Waals surface area contributed by atoms with E-state index in [0.29, 0.717) is 6.54 Å². The van der Waals surface area contributed by atoms with Gasteiger partial charge in [0.2, 0.25) is 11.8 Å². The Balaban J connectivity index is 2.54. The van der Waals surface area contributed by atoms with E-state index < -0.39 is 0 Å². The summed E-state index contributed by atoms with van der Waals surface area (Å²) in [5.74, 6) is -0.244. The van der Waals surface area contributed by atoms with E-state index in [1.165, 1.54) is 6.92 Å². The fourth-order valence-corrected chi connectivity index (χ4v) is 2.21. The number of amides is 2. The zero-order valence-corrected chi connectivity index (χ0v) is 13.6. The van der Waals surface area contributed by atoms with Crippen LogP contribution in [-0.4, -0.2) is 29.8 Å². The van der Waals surface area contributed by atoms with Gasteiger partial charge in [-0.2, -0.15) is 0 Å². The van der Waals surface area contributed by atoms with Crippen molar-refractivity contribution in [3.63, 3.8) is 0 Å². The number of para-hydroxylation sites is 1. The number of carbonyl (C=O) groups is 2. The van der Waals surface area contributed by atoms with Crippen molar-refractivity contribution in [2.45, 2.75) is 33.1 Å². The van der Waals surface area contributed by atoms with Crippen molar-refractivity contribution < 1.29 is 9.59 Å². The van der Waals surface area contributed by atoms with Gasteiger partial charge in [-0.05, 0) is 34.5 Å². The molecule has 0 fully saturated rings. The molecule has 0 saturated heterocycles. The van der Waals surface area contributed by atoms with Crippen molar-refractivity contribution in [2.75, 3.05) is 18.4 Å². The third kappa shape index (κ3) is 5.74. The maximum absolute atomic E-state index is 12.0. The van der Waals surface area contributed by atoms with Gasteiger partial charge in [-0.1, -0.05) is 31.9 Å². The number of hydrogen-bond acceptors (Lipinski definition) is 2. The third-order valence-electron chi connectivity index (χ3n) is 2.96. The van der Waals surface area contributed by atoms with Gasteiger partial charge in [-0.3, -0.25) is 9.59 Å². The number of anilines is 1. The monoisotopic (exact) mass is 340 g/mol. The standard InChI is InChI=1S/C15H21BrN2O2/c1-3-4-7-10-18(12(2)19)11-15(20)17-14-9-6-5-8-13(14)16/h5-6,8-9H,3-4,7,10-11H2,1-2H3,(H,17,20). The van der Waals surface area contributed by atoms with Crippen LogP contribution in [0.3, 0.4) is 0 Å². The molecule has 0 unspecified atom stereocenters. The molecule has 0 radical (unpaired) electrons. The van der Waals surface area contributed by atoms with Crippen molar-refractivity contribution in [1.82, 2.24) is 4.90 Å². The van der Waals surface area contributed by atoms with Crippen LogP contribution in [0.5, 0.6) is 0 Å². The topological polar surface area (TPSA) is 49.4 Å². The summed E-state index contributed by atoms with van der Waals surface area (Å²) in [6, 6.07) is 7.41. The van der Waals surface area contributed by atoms with Crippen molar-refractivity contribution in [3.8, 4) is 0 Å². The van der Waals surface area contributed by atoms with Crippen LogP contribution < -0.4 is 5.32 Å². The second-order valence-electron chi connectivity index (χ2n) is 4.68. The van der Waals surface area contributed by atoms with Crippen LogP contribution >= 0.6 is 15.9 Å². The maximum Gasteiger partial charge on any atom is 0.244 e. The molecule has 1 aromatic rings. The van der Waals surface area contributed by atoms with Gasteiger partial charge < -0.3 is 10.2 Å². The molecular weight excluding hydrogens is 320 g/mol. The number of unbranched alkanes of at least 4 members (excludes halogenated alkanes) is 2. The van der Waals surface area contributed by atoms with E-state index in [-0.39, 0.29) is 18.4 Å². The fraction of sp³-hybridized carbons (Fsp3) is 0.467. The first-order valence-corrected chi connectivity index (χ1v) is 7.63. The van der Waals surface area contributed by atoms with Crippen LogP contribution in [0.4, 0.5) is 5.69 Å². The van der Waals surface area contributed by atoms with Gasteiger partial charge in [0.15, 0.2) is 0 Å². The van der Waals surface area contributed by atoms with Crippen molar-refractivity contribution in [1.29, 1.82) is 0 Å². The predicted octanol–water partition coefficient (Wildman–Crippen LogP) is 3.43. The van der Waals surface area contributed by atoms with Crippen LogP contribution in [-0.2, 0) is 9.59 Å². The molecule has 1 aromatic carbocycles. The van der Waals surface area contributed by atoms with Gasteiger partial charge in [0.25, 0.3) is 0 Å². The molecule has 1 N–H and O–H groups in total. The lowest BCUT2D eigenvalue weighted by molar-refractivity contribution is -0.132. The summed E-state index contributed by atoms with van der Waals surface area (Å²) in [6.45, 7) is 4.34. The zero-order chi connectivity index (χ0) is 15.0. The molecule has 20 heavy (non-hydrogen) atoms. The van der Waals surface area contributed by atoms with Gasteiger partial charge in [-0.15, -0.1) is 0 Å². The Bertz CT molecular complexity index is 463. The molecule has 0 saturated carbocycles. The number of halogens is 1. The SMILES string of the molecule is CCCCCN(CC(=O)Nc1ccccc1Br)C(C)=O. The predicted molar refractivity (Wildman–Crippen MR) is 84.6 cm³/mol. The molecular formula is C15H21BrN2O2. The molecule has 0 aliphatic rings. The van der Waals surface area contributed by atoms with Crippen LogP contribution in [0.2, 0.25) is 0 Å². The highest BCUT2D eigenvalue weighted by Gasteiger charge is 2.13. The van der Waals surface area contributed by atoms with Crippen molar-refractivity contribution in [3.05, 3.63) is 28.7 Å². The molecule has 4 nitrogen and oxygen atoms in total. The summed E-state index contributed by atoms with van der Waals surface area (Å²) in [4.78, 5) is 25.1. The van der Waals surface area contributed by atoms with Crippen molar-refractivity contribution >= 4 is 33.4 Å². The molecule has 110 valence electrons. The van der Waals surface area contributed by atoms with Crippen LogP contribution in [0.1, 0.15) is 33.1 Å². The molecule has 0 aromatic heterocycles. The summed E-state index contributed by atoms with van der Waals surface area (Å²) < 4.78 is 0.828. The van der Waals surface area contributed by atoms with Crippen LogP contribution in [0.25, 0.3) is 0 Å². The molecule has 0 atom stereocenters. The molecule has 0 aliphatic carbocycles. The second kappa shape index (κ2) is 8.74. The molecule has 5 heteroatoms. The smallest absolute Gasteiger partial charge is 0.244 e. The quantitative estimate of drug-likeness (QED) is 0.773. The third-order valence-corrected chi connectivity index (χ3v) is 3.65. The maximum atomic E-state index is 12.0. The van der Waals surface area contributed by atoms with Gasteiger partial charge in [0, 0.05) is 17.9 Å². The van der Waals surface area contributed by atoms with Crippen molar-refractivity contribution in [2.24, 2.45) is 0 Å². The highest BCUT2D eigenvalue weighted by Crippen LogP contribution is 2.21. The largest absolute Gasteiger partial charge is 0.334 e. The normalized spacial score (nSPS) is 10.2. The van der Waals surface area contributed by atoms with E-state index in [1.54, 1.807) is 4.90 Å². The first-order valence-electron chi connectivity index (χ1n) is 6.84. The first kappa shape index (κ1) is 16.7. The number of benzene rings is 1. The summed E-state index contributed by atoms with van der Waals surface area (Å²) in [5.41, 5.74) is 0.717. The Morgan fingerprint density at radius 1 is 1.25 bits per heavy atom. The van der Waals surface area contributed by atoms with Gasteiger partial charge in [0.1, 0.15) is 0 Å². The van der Waals surface area contributed by atoms with E-state index in [4.69, 9.17) is 0 Å². The number of nitrogens with one attached hydrogen (secondary N) is 1. The van der Waals surface area contributed by atoms with Gasteiger partial charge >= 0.3 is 0 Å². The van der Waals surface area contributed by atoms with Gasteiger partial charge in [-0.25, -0.2) is 0 Å². The second-order valence-corrected chi connectivity index (χ2v) is 5.53. The summed E-state index contributed by atoms with van der Waals surface area (Å²) in [6.07, 6.45) is 3.09. The lowest BCUT2D eigenvalue weighted by atomic mass is 10.2. The molecule has 0 spiro atoms. The minimum Gasteiger partial charge on any atom is -0.334 e. The minimum atomic E-state index is -0.177. The average molecular weight is 341 g/mol. The Hall–Kier alpha value is -1.36. The molecule has 0 bridgehead atoms. The number of rotatable bonds is 7. The average Bonchev–Trinajstić information content (AvgIpc) is 2.40. The number of nitrogens with zero attached hydrogens (tertiary/aromatic N) is 1. The summed E-state index contributed by atoms with van der Waals surface area (Å²) in [7, 11) is 0. The molecule has 0 heterocycles. The number of hydrogen-bond donors (Lipinski definition) is 1. The lowest BCUT2D eigenvalue weighted by Crippen LogP contribution is -2.37. The summed E-state index contributed by atoms with van der Waals surface area (Å²) in [5, 5.41) is 2.81. The van der Waals surface area contributed by atoms with Crippen LogP contribution in [0.15, 0.2) is 28.7 Å². The zero-order valence-electron chi connectivity index (χ0n) is 12.0. The highest BCUT2D eigenvalue weighted by atomic mass is 79.9. The minimum absolute atomic E-state index is 0.0663. The van der Waals surface area contributed by atoms with E-state index in [1.807, 2.05) is 24.3 Å². The Morgan fingerprint density at radius 3 is 2.55 bits per heavy atom. The van der Waals surface area contributed by atoms with Crippen LogP contribution in [0, 0.1) is 0 Å². The summed E-state index contributed by atoms with van der Waals surface area (Å²) >= 11 is 3.38. The van der Waals surface area contributed by atoms with E-state index in [0.717, 1.165) is 29.4 Å².